The van der Waals surface area contributed by atoms with Crippen LogP contribution in [0, 0.1) is 5.92 Å². The number of aliphatic carboxylic acids is 1. The molecule has 0 saturated carbocycles. The molecular weight excluding hydrogens is 246 g/mol. The van der Waals surface area contributed by atoms with Gasteiger partial charge in [0.2, 0.25) is 5.91 Å². The molecule has 1 aromatic carbocycles. The summed E-state index contributed by atoms with van der Waals surface area (Å²) in [6.45, 7) is 1.60. The molecule has 1 aromatic rings. The summed E-state index contributed by atoms with van der Waals surface area (Å²) in [5, 5.41) is 8.70. The van der Waals surface area contributed by atoms with Crippen molar-refractivity contribution in [1.82, 2.24) is 0 Å². The van der Waals surface area contributed by atoms with Gasteiger partial charge in [0.25, 0.3) is 0 Å². The molecule has 1 heterocycles. The predicted molar refractivity (Wildman–Crippen MR) is 69.3 cm³/mol. The van der Waals surface area contributed by atoms with Gasteiger partial charge in [-0.3, -0.25) is 14.4 Å². The predicted octanol–water partition coefficient (Wildman–Crippen LogP) is 1.50. The molecule has 0 saturated heterocycles. The van der Waals surface area contributed by atoms with E-state index in [1.165, 1.54) is 0 Å². The summed E-state index contributed by atoms with van der Waals surface area (Å²) in [5.74, 6) is -1.76. The number of hydrogen-bond acceptors (Lipinski definition) is 3. The summed E-state index contributed by atoms with van der Waals surface area (Å²) in [5.41, 5.74) is 2.10. The number of fused-ring (bicyclic) bond motifs is 1. The molecule has 0 fully saturated rings. The van der Waals surface area contributed by atoms with E-state index in [0.29, 0.717) is 12.0 Å². The molecular formula is C14H15NO4. The van der Waals surface area contributed by atoms with Crippen molar-refractivity contribution in [2.45, 2.75) is 19.8 Å². The first-order chi connectivity index (χ1) is 8.90. The summed E-state index contributed by atoms with van der Waals surface area (Å²) in [7, 11) is 1.70. The van der Waals surface area contributed by atoms with Crippen molar-refractivity contribution in [1.29, 1.82) is 0 Å². The first kappa shape index (κ1) is 13.3. The molecule has 0 bridgehead atoms. The molecule has 2 rings (SSSR count). The highest BCUT2D eigenvalue weighted by molar-refractivity contribution is 6.04. The molecule has 1 aliphatic heterocycles. The van der Waals surface area contributed by atoms with E-state index < -0.39 is 11.9 Å². The molecule has 5 nitrogen and oxygen atoms in total. The molecule has 0 aromatic heterocycles. The molecule has 5 heteroatoms. The van der Waals surface area contributed by atoms with Crippen LogP contribution in [0.4, 0.5) is 5.69 Å². The molecule has 0 aliphatic carbocycles. The van der Waals surface area contributed by atoms with Gasteiger partial charge in [-0.15, -0.1) is 0 Å². The topological polar surface area (TPSA) is 74.7 Å². The Labute approximate surface area is 110 Å². The highest BCUT2D eigenvalue weighted by Gasteiger charge is 2.26. The zero-order valence-corrected chi connectivity index (χ0v) is 10.8. The van der Waals surface area contributed by atoms with Crippen LogP contribution in [0.3, 0.4) is 0 Å². The fourth-order valence-electron chi connectivity index (χ4n) is 2.26. The lowest BCUT2D eigenvalue weighted by Gasteiger charge is -2.11. The van der Waals surface area contributed by atoms with Crippen LogP contribution < -0.4 is 4.90 Å². The average molecular weight is 261 g/mol. The second kappa shape index (κ2) is 4.84. The maximum absolute atomic E-state index is 12.1. The zero-order valence-electron chi connectivity index (χ0n) is 10.8. The molecule has 1 atom stereocenters. The average Bonchev–Trinajstić information content (AvgIpc) is 2.63. The van der Waals surface area contributed by atoms with Crippen molar-refractivity contribution in [3.8, 4) is 0 Å². The van der Waals surface area contributed by atoms with Crippen LogP contribution in [-0.2, 0) is 16.0 Å². The van der Waals surface area contributed by atoms with E-state index in [-0.39, 0.29) is 18.1 Å². The lowest BCUT2D eigenvalue weighted by atomic mass is 9.95. The highest BCUT2D eigenvalue weighted by atomic mass is 16.4. The molecule has 1 amide bonds. The summed E-state index contributed by atoms with van der Waals surface area (Å²) < 4.78 is 0. The number of hydrogen-bond donors (Lipinski definition) is 1. The number of Topliss-reactive ketones (excluding diaryl/α,β-unsaturated/α-hetero) is 1. The number of likely N-dealkylation sites (N-methyl/N-ethyl adjacent to an activating group) is 1. The van der Waals surface area contributed by atoms with E-state index in [0.717, 1.165) is 11.3 Å². The van der Waals surface area contributed by atoms with Gasteiger partial charge >= 0.3 is 5.97 Å². The van der Waals surface area contributed by atoms with E-state index in [4.69, 9.17) is 5.11 Å². The van der Waals surface area contributed by atoms with E-state index in [9.17, 15) is 14.4 Å². The fraction of sp³-hybridized carbons (Fsp3) is 0.357. The highest BCUT2D eigenvalue weighted by Crippen LogP contribution is 2.29. The first-order valence-corrected chi connectivity index (χ1v) is 6.05. The zero-order chi connectivity index (χ0) is 14.2. The van der Waals surface area contributed by atoms with Crippen molar-refractivity contribution in [3.05, 3.63) is 29.3 Å². The van der Waals surface area contributed by atoms with Crippen LogP contribution in [0.2, 0.25) is 0 Å². The van der Waals surface area contributed by atoms with Crippen molar-refractivity contribution in [2.75, 3.05) is 11.9 Å². The van der Waals surface area contributed by atoms with Crippen molar-refractivity contribution in [3.63, 3.8) is 0 Å². The maximum atomic E-state index is 12.1. The number of ketones is 1. The summed E-state index contributed by atoms with van der Waals surface area (Å²) in [6, 6.07) is 5.08. The van der Waals surface area contributed by atoms with Crippen molar-refractivity contribution >= 4 is 23.3 Å². The molecule has 0 radical (unpaired) electrons. The van der Waals surface area contributed by atoms with E-state index in [2.05, 4.69) is 0 Å². The van der Waals surface area contributed by atoms with Gasteiger partial charge < -0.3 is 10.0 Å². The van der Waals surface area contributed by atoms with E-state index >= 15 is 0 Å². The van der Waals surface area contributed by atoms with Crippen LogP contribution in [0.1, 0.15) is 29.3 Å². The molecule has 0 spiro atoms. The number of amides is 1. The quantitative estimate of drug-likeness (QED) is 0.833. The monoisotopic (exact) mass is 261 g/mol. The number of carboxylic acid groups (broad SMARTS) is 1. The van der Waals surface area contributed by atoms with Gasteiger partial charge in [0.15, 0.2) is 5.78 Å². The summed E-state index contributed by atoms with van der Waals surface area (Å²) in [4.78, 5) is 35.8. The molecule has 19 heavy (non-hydrogen) atoms. The smallest absolute Gasteiger partial charge is 0.304 e. The molecule has 1 unspecified atom stereocenters. The fourth-order valence-corrected chi connectivity index (χ4v) is 2.26. The Morgan fingerprint density at radius 1 is 1.42 bits per heavy atom. The minimum absolute atomic E-state index is 0.00168. The van der Waals surface area contributed by atoms with Crippen LogP contribution in [-0.4, -0.2) is 29.8 Å². The Morgan fingerprint density at radius 3 is 2.74 bits per heavy atom. The largest absolute Gasteiger partial charge is 0.481 e. The van der Waals surface area contributed by atoms with Crippen molar-refractivity contribution in [2.24, 2.45) is 5.92 Å². The van der Waals surface area contributed by atoms with Gasteiger partial charge in [-0.1, -0.05) is 6.92 Å². The van der Waals surface area contributed by atoms with Gasteiger partial charge in [-0.25, -0.2) is 0 Å². The van der Waals surface area contributed by atoms with E-state index in [1.807, 2.05) is 0 Å². The second-order valence-electron chi connectivity index (χ2n) is 4.84. The van der Waals surface area contributed by atoms with Crippen LogP contribution >= 0.6 is 0 Å². The normalized spacial score (nSPS) is 15.3. The standard InChI is InChI=1S/C14H15NO4/c1-8(5-13(17)18)14(19)9-3-4-11-10(6-9)7-12(16)15(11)2/h3-4,6,8H,5,7H2,1-2H3,(H,17,18). The Morgan fingerprint density at radius 2 is 2.11 bits per heavy atom. The SMILES string of the molecule is CC(CC(=O)O)C(=O)c1ccc2c(c1)CC(=O)N2C. The third kappa shape index (κ3) is 2.50. The second-order valence-corrected chi connectivity index (χ2v) is 4.84. The van der Waals surface area contributed by atoms with Gasteiger partial charge in [0, 0.05) is 24.2 Å². The third-order valence-electron chi connectivity index (χ3n) is 3.37. The Hall–Kier alpha value is -2.17. The molecule has 100 valence electrons. The van der Waals surface area contributed by atoms with Gasteiger partial charge in [0.1, 0.15) is 0 Å². The number of nitrogens with zero attached hydrogens (tertiary/aromatic N) is 1. The van der Waals surface area contributed by atoms with Crippen LogP contribution in [0.15, 0.2) is 18.2 Å². The lowest BCUT2D eigenvalue weighted by molar-refractivity contribution is -0.137. The molecule has 1 aliphatic rings. The van der Waals surface area contributed by atoms with Crippen molar-refractivity contribution < 1.29 is 19.5 Å². The van der Waals surface area contributed by atoms with Gasteiger partial charge in [0.05, 0.1) is 12.8 Å². The maximum Gasteiger partial charge on any atom is 0.304 e. The Balaban J connectivity index is 2.24. The van der Waals surface area contributed by atoms with Gasteiger partial charge in [-0.05, 0) is 23.8 Å². The Kier molecular flexibility index (Phi) is 3.38. The number of rotatable bonds is 4. The molecule has 1 N–H and O–H groups in total. The first-order valence-electron chi connectivity index (χ1n) is 6.05. The summed E-state index contributed by atoms with van der Waals surface area (Å²) >= 11 is 0. The van der Waals surface area contributed by atoms with Crippen LogP contribution in [0.25, 0.3) is 0 Å². The Bertz CT molecular complexity index is 565. The lowest BCUT2D eigenvalue weighted by Crippen LogP contribution is -2.20. The van der Waals surface area contributed by atoms with E-state index in [1.54, 1.807) is 37.1 Å². The minimum Gasteiger partial charge on any atom is -0.481 e. The van der Waals surface area contributed by atoms with Crippen LogP contribution in [0.5, 0.6) is 0 Å². The van der Waals surface area contributed by atoms with Gasteiger partial charge in [-0.2, -0.15) is 0 Å². The number of carboxylic acids is 1. The number of carbonyl (C=O) groups is 3. The summed E-state index contributed by atoms with van der Waals surface area (Å²) in [6.07, 6.45) is 0.106. The third-order valence-corrected chi connectivity index (χ3v) is 3.37. The number of carbonyl (C=O) groups excluding carboxylic acids is 2. The number of benzene rings is 1. The minimum atomic E-state index is -0.989. The number of anilines is 1.